The molecular formula is C16H17BrO4. The Morgan fingerprint density at radius 3 is 2.05 bits per heavy atom. The van der Waals surface area contributed by atoms with E-state index in [9.17, 15) is 5.11 Å². The third kappa shape index (κ3) is 3.14. The van der Waals surface area contributed by atoms with E-state index in [1.54, 1.807) is 51.7 Å². The largest absolute Gasteiger partial charge is 0.497 e. The Kier molecular flexibility index (Phi) is 5.09. The van der Waals surface area contributed by atoms with E-state index < -0.39 is 6.10 Å². The first kappa shape index (κ1) is 15.7. The van der Waals surface area contributed by atoms with Crippen LogP contribution in [0.5, 0.6) is 17.2 Å². The van der Waals surface area contributed by atoms with Gasteiger partial charge < -0.3 is 19.3 Å². The molecule has 21 heavy (non-hydrogen) atoms. The van der Waals surface area contributed by atoms with Crippen LogP contribution in [0.2, 0.25) is 0 Å². The maximum Gasteiger partial charge on any atom is 0.128 e. The molecule has 2 aromatic carbocycles. The second-order valence-corrected chi connectivity index (χ2v) is 5.22. The van der Waals surface area contributed by atoms with Crippen LogP contribution in [0.15, 0.2) is 40.9 Å². The second kappa shape index (κ2) is 6.83. The summed E-state index contributed by atoms with van der Waals surface area (Å²) in [4.78, 5) is 0. The molecule has 4 nitrogen and oxygen atoms in total. The zero-order chi connectivity index (χ0) is 15.4. The van der Waals surface area contributed by atoms with Crippen LogP contribution in [-0.2, 0) is 0 Å². The van der Waals surface area contributed by atoms with E-state index in [1.807, 2.05) is 6.07 Å². The van der Waals surface area contributed by atoms with Crippen molar-refractivity contribution in [3.8, 4) is 17.2 Å². The van der Waals surface area contributed by atoms with E-state index in [4.69, 9.17) is 14.2 Å². The summed E-state index contributed by atoms with van der Waals surface area (Å²) in [6, 6.07) is 10.8. The lowest BCUT2D eigenvalue weighted by atomic mass is 9.99. The predicted octanol–water partition coefficient (Wildman–Crippen LogP) is 3.56. The molecule has 0 bridgehead atoms. The highest BCUT2D eigenvalue weighted by atomic mass is 79.9. The predicted molar refractivity (Wildman–Crippen MR) is 84.3 cm³/mol. The molecule has 5 heteroatoms. The Morgan fingerprint density at radius 2 is 1.57 bits per heavy atom. The summed E-state index contributed by atoms with van der Waals surface area (Å²) in [6.45, 7) is 0. The monoisotopic (exact) mass is 352 g/mol. The summed E-state index contributed by atoms with van der Waals surface area (Å²) in [5, 5.41) is 10.7. The molecule has 0 aliphatic rings. The van der Waals surface area contributed by atoms with Crippen molar-refractivity contribution in [2.45, 2.75) is 6.10 Å². The van der Waals surface area contributed by atoms with Crippen molar-refractivity contribution in [1.29, 1.82) is 0 Å². The first-order chi connectivity index (χ1) is 10.1. The molecule has 1 unspecified atom stereocenters. The number of hydrogen-bond acceptors (Lipinski definition) is 4. The van der Waals surface area contributed by atoms with Crippen molar-refractivity contribution in [3.05, 3.63) is 52.0 Å². The van der Waals surface area contributed by atoms with Gasteiger partial charge in [-0.3, -0.25) is 0 Å². The van der Waals surface area contributed by atoms with Gasteiger partial charge in [0.25, 0.3) is 0 Å². The highest BCUT2D eigenvalue weighted by molar-refractivity contribution is 9.10. The average Bonchev–Trinajstić information content (AvgIpc) is 2.53. The SMILES string of the molecule is COc1ccc(C(O)c2c(OC)cccc2OC)c(Br)c1. The molecule has 0 aliphatic heterocycles. The van der Waals surface area contributed by atoms with Crippen molar-refractivity contribution in [2.75, 3.05) is 21.3 Å². The van der Waals surface area contributed by atoms with Crippen molar-refractivity contribution in [1.82, 2.24) is 0 Å². The average molecular weight is 353 g/mol. The van der Waals surface area contributed by atoms with Crippen molar-refractivity contribution < 1.29 is 19.3 Å². The number of aliphatic hydroxyl groups is 1. The molecular weight excluding hydrogens is 336 g/mol. The molecule has 0 amide bonds. The first-order valence-electron chi connectivity index (χ1n) is 6.34. The smallest absolute Gasteiger partial charge is 0.128 e. The highest BCUT2D eigenvalue weighted by Crippen LogP contribution is 2.40. The molecule has 2 aromatic rings. The van der Waals surface area contributed by atoms with Gasteiger partial charge in [0.1, 0.15) is 23.4 Å². The molecule has 112 valence electrons. The standard InChI is InChI=1S/C16H17BrO4/c1-19-10-7-8-11(12(17)9-10)16(18)15-13(20-2)5-4-6-14(15)21-3/h4-9,16,18H,1-3H3. The maximum atomic E-state index is 10.7. The van der Waals surface area contributed by atoms with Crippen LogP contribution in [0, 0.1) is 0 Å². The van der Waals surface area contributed by atoms with Crippen LogP contribution in [0.1, 0.15) is 17.2 Å². The number of methoxy groups -OCH3 is 3. The van der Waals surface area contributed by atoms with Gasteiger partial charge in [-0.05, 0) is 29.8 Å². The Labute approximate surface area is 132 Å². The van der Waals surface area contributed by atoms with Crippen molar-refractivity contribution in [3.63, 3.8) is 0 Å². The number of aliphatic hydroxyl groups excluding tert-OH is 1. The number of rotatable bonds is 5. The molecule has 0 heterocycles. The summed E-state index contributed by atoms with van der Waals surface area (Å²) in [5.74, 6) is 1.86. The van der Waals surface area contributed by atoms with Crippen molar-refractivity contribution in [2.24, 2.45) is 0 Å². The lowest BCUT2D eigenvalue weighted by molar-refractivity contribution is 0.208. The van der Waals surface area contributed by atoms with Crippen molar-refractivity contribution >= 4 is 15.9 Å². The van der Waals surface area contributed by atoms with Gasteiger partial charge in [0.2, 0.25) is 0 Å². The summed E-state index contributed by atoms with van der Waals surface area (Å²) in [7, 11) is 4.73. The fraction of sp³-hybridized carbons (Fsp3) is 0.250. The minimum absolute atomic E-state index is 0.574. The lowest BCUT2D eigenvalue weighted by Crippen LogP contribution is -2.06. The molecule has 0 radical (unpaired) electrons. The minimum Gasteiger partial charge on any atom is -0.497 e. The molecule has 2 rings (SSSR count). The van der Waals surface area contributed by atoms with E-state index in [0.717, 1.165) is 4.47 Å². The van der Waals surface area contributed by atoms with Crippen LogP contribution in [0.3, 0.4) is 0 Å². The Morgan fingerprint density at radius 1 is 0.952 bits per heavy atom. The summed E-state index contributed by atoms with van der Waals surface area (Å²) < 4.78 is 16.6. The zero-order valence-corrected chi connectivity index (χ0v) is 13.7. The van der Waals surface area contributed by atoms with Gasteiger partial charge in [-0.1, -0.05) is 28.1 Å². The van der Waals surface area contributed by atoms with E-state index >= 15 is 0 Å². The molecule has 0 spiro atoms. The van der Waals surface area contributed by atoms with Crippen LogP contribution in [-0.4, -0.2) is 26.4 Å². The molecule has 0 aliphatic carbocycles. The molecule has 1 atom stereocenters. The fourth-order valence-electron chi connectivity index (χ4n) is 2.16. The minimum atomic E-state index is -0.878. The van der Waals surface area contributed by atoms with Crippen LogP contribution < -0.4 is 14.2 Å². The third-order valence-corrected chi connectivity index (χ3v) is 3.93. The van der Waals surface area contributed by atoms with Crippen LogP contribution in [0.4, 0.5) is 0 Å². The highest BCUT2D eigenvalue weighted by Gasteiger charge is 2.22. The topological polar surface area (TPSA) is 47.9 Å². The molecule has 0 saturated heterocycles. The summed E-state index contributed by atoms with van der Waals surface area (Å²) in [6.07, 6.45) is -0.878. The zero-order valence-electron chi connectivity index (χ0n) is 12.1. The number of ether oxygens (including phenoxy) is 3. The Balaban J connectivity index is 2.51. The van der Waals surface area contributed by atoms with Gasteiger partial charge in [-0.2, -0.15) is 0 Å². The number of hydrogen-bond donors (Lipinski definition) is 1. The molecule has 0 fully saturated rings. The summed E-state index contributed by atoms with van der Waals surface area (Å²) in [5.41, 5.74) is 1.30. The lowest BCUT2D eigenvalue weighted by Gasteiger charge is -2.19. The van der Waals surface area contributed by atoms with Gasteiger partial charge in [-0.15, -0.1) is 0 Å². The van der Waals surface area contributed by atoms with Crippen LogP contribution >= 0.6 is 15.9 Å². The van der Waals surface area contributed by atoms with Gasteiger partial charge in [-0.25, -0.2) is 0 Å². The maximum absolute atomic E-state index is 10.7. The van der Waals surface area contributed by atoms with Gasteiger partial charge in [0.05, 0.1) is 26.9 Å². The molecule has 1 N–H and O–H groups in total. The van der Waals surface area contributed by atoms with Crippen LogP contribution in [0.25, 0.3) is 0 Å². The number of benzene rings is 2. The van der Waals surface area contributed by atoms with Gasteiger partial charge in [0, 0.05) is 4.47 Å². The van der Waals surface area contributed by atoms with Gasteiger partial charge >= 0.3 is 0 Å². The molecule has 0 saturated carbocycles. The Hall–Kier alpha value is -1.72. The van der Waals surface area contributed by atoms with E-state index in [2.05, 4.69) is 15.9 Å². The summed E-state index contributed by atoms with van der Waals surface area (Å²) >= 11 is 3.46. The quantitative estimate of drug-likeness (QED) is 0.893. The van der Waals surface area contributed by atoms with E-state index in [1.165, 1.54) is 0 Å². The van der Waals surface area contributed by atoms with E-state index in [0.29, 0.717) is 28.4 Å². The van der Waals surface area contributed by atoms with Gasteiger partial charge in [0.15, 0.2) is 0 Å². The number of halogens is 1. The second-order valence-electron chi connectivity index (χ2n) is 4.37. The Bertz CT molecular complexity index is 605. The first-order valence-corrected chi connectivity index (χ1v) is 7.14. The molecule has 0 aromatic heterocycles. The third-order valence-electron chi connectivity index (χ3n) is 3.24. The normalized spacial score (nSPS) is 11.9. The van der Waals surface area contributed by atoms with E-state index in [-0.39, 0.29) is 0 Å². The fourth-order valence-corrected chi connectivity index (χ4v) is 2.74.